The minimum atomic E-state index is 0.0488. The third-order valence-electron chi connectivity index (χ3n) is 3.06. The van der Waals surface area contributed by atoms with Crippen LogP contribution in [0.4, 0.5) is 0 Å². The van der Waals surface area contributed by atoms with Gasteiger partial charge in [0.25, 0.3) is 0 Å². The molecule has 100 valence electrons. The van der Waals surface area contributed by atoms with Crippen molar-refractivity contribution in [3.63, 3.8) is 0 Å². The molecule has 2 aromatic carbocycles. The lowest BCUT2D eigenvalue weighted by Crippen LogP contribution is -1.99. The number of hydrogen-bond donors (Lipinski definition) is 0. The largest absolute Gasteiger partial charge is 0.494 e. The first-order valence-corrected chi connectivity index (χ1v) is 7.35. The molecule has 20 heavy (non-hydrogen) atoms. The van der Waals surface area contributed by atoms with Crippen molar-refractivity contribution in [2.75, 3.05) is 6.61 Å². The van der Waals surface area contributed by atoms with E-state index in [0.29, 0.717) is 12.2 Å². The number of hydrogen-bond acceptors (Lipinski definition) is 3. The molecule has 3 heteroatoms. The maximum Gasteiger partial charge on any atom is 0.203 e. The number of thiophene rings is 1. The summed E-state index contributed by atoms with van der Waals surface area (Å²) in [4.78, 5) is 13.3. The standard InChI is InChI=1S/C17H14O2S/c1-2-19-14-8-5-7-13(10-14)17(18)16-11-12-6-3-4-9-15(12)20-16/h3-11H,2H2,1H3. The van der Waals surface area contributed by atoms with Crippen LogP contribution in [0.1, 0.15) is 22.2 Å². The fraction of sp³-hybridized carbons (Fsp3) is 0.118. The second-order valence-corrected chi connectivity index (χ2v) is 5.52. The van der Waals surface area contributed by atoms with Gasteiger partial charge in [-0.2, -0.15) is 0 Å². The van der Waals surface area contributed by atoms with Crippen LogP contribution >= 0.6 is 11.3 Å². The first kappa shape index (κ1) is 12.9. The second kappa shape index (κ2) is 5.47. The van der Waals surface area contributed by atoms with E-state index >= 15 is 0 Å². The van der Waals surface area contributed by atoms with E-state index in [0.717, 1.165) is 20.7 Å². The molecule has 0 N–H and O–H groups in total. The Morgan fingerprint density at radius 2 is 1.95 bits per heavy atom. The average Bonchev–Trinajstić information content (AvgIpc) is 2.91. The summed E-state index contributed by atoms with van der Waals surface area (Å²) < 4.78 is 6.58. The lowest BCUT2D eigenvalue weighted by atomic mass is 10.1. The minimum Gasteiger partial charge on any atom is -0.494 e. The maximum atomic E-state index is 12.5. The summed E-state index contributed by atoms with van der Waals surface area (Å²) in [5.74, 6) is 0.784. The molecule has 0 aliphatic rings. The van der Waals surface area contributed by atoms with Gasteiger partial charge in [-0.15, -0.1) is 11.3 Å². The van der Waals surface area contributed by atoms with Gasteiger partial charge in [0.2, 0.25) is 5.78 Å². The lowest BCUT2D eigenvalue weighted by Gasteiger charge is -2.04. The van der Waals surface area contributed by atoms with Crippen molar-refractivity contribution in [2.45, 2.75) is 6.92 Å². The van der Waals surface area contributed by atoms with Crippen LogP contribution in [0.25, 0.3) is 10.1 Å². The number of carbonyl (C=O) groups is 1. The molecule has 1 aromatic heterocycles. The third kappa shape index (κ3) is 2.45. The quantitative estimate of drug-likeness (QED) is 0.657. The Bertz CT molecular complexity index is 725. The van der Waals surface area contributed by atoms with E-state index in [9.17, 15) is 4.79 Å². The Morgan fingerprint density at radius 3 is 2.75 bits per heavy atom. The summed E-state index contributed by atoms with van der Waals surface area (Å²) in [5.41, 5.74) is 0.669. The third-order valence-corrected chi connectivity index (χ3v) is 4.17. The summed E-state index contributed by atoms with van der Waals surface area (Å²) >= 11 is 1.53. The van der Waals surface area contributed by atoms with Crippen LogP contribution in [-0.4, -0.2) is 12.4 Å². The molecule has 2 nitrogen and oxygen atoms in total. The van der Waals surface area contributed by atoms with Gasteiger partial charge in [-0.25, -0.2) is 0 Å². The molecule has 0 aliphatic heterocycles. The van der Waals surface area contributed by atoms with Crippen LogP contribution in [0.5, 0.6) is 5.75 Å². The smallest absolute Gasteiger partial charge is 0.203 e. The van der Waals surface area contributed by atoms with Gasteiger partial charge >= 0.3 is 0 Å². The van der Waals surface area contributed by atoms with Gasteiger partial charge in [-0.3, -0.25) is 4.79 Å². The Balaban J connectivity index is 1.97. The van der Waals surface area contributed by atoms with Gasteiger partial charge in [0.05, 0.1) is 11.5 Å². The molecule has 3 aromatic rings. The molecule has 0 amide bonds. The fourth-order valence-electron chi connectivity index (χ4n) is 2.13. The first-order valence-electron chi connectivity index (χ1n) is 6.54. The van der Waals surface area contributed by atoms with Crippen LogP contribution in [0.3, 0.4) is 0 Å². The predicted molar refractivity (Wildman–Crippen MR) is 82.9 cm³/mol. The van der Waals surface area contributed by atoms with Crippen molar-refractivity contribution in [1.29, 1.82) is 0 Å². The Morgan fingerprint density at radius 1 is 1.10 bits per heavy atom. The number of fused-ring (bicyclic) bond motifs is 1. The fourth-order valence-corrected chi connectivity index (χ4v) is 3.15. The molecule has 3 rings (SSSR count). The predicted octanol–water partition coefficient (Wildman–Crippen LogP) is 4.53. The molecule has 0 atom stereocenters. The van der Waals surface area contributed by atoms with Gasteiger partial charge in [0.1, 0.15) is 5.75 Å². The van der Waals surface area contributed by atoms with Crippen molar-refractivity contribution < 1.29 is 9.53 Å². The topological polar surface area (TPSA) is 26.3 Å². The van der Waals surface area contributed by atoms with E-state index in [2.05, 4.69) is 0 Å². The summed E-state index contributed by atoms with van der Waals surface area (Å²) in [6.45, 7) is 2.53. The SMILES string of the molecule is CCOc1cccc(C(=O)c2cc3ccccc3s2)c1. The lowest BCUT2D eigenvalue weighted by molar-refractivity contribution is 0.104. The molecule has 1 heterocycles. The number of ketones is 1. The van der Waals surface area contributed by atoms with Crippen molar-refractivity contribution in [2.24, 2.45) is 0 Å². The van der Waals surface area contributed by atoms with E-state index in [-0.39, 0.29) is 5.78 Å². The van der Waals surface area contributed by atoms with Gasteiger partial charge in [-0.05, 0) is 36.6 Å². The molecular formula is C17H14O2S. The summed E-state index contributed by atoms with van der Waals surface area (Å²) in [7, 11) is 0. The molecule has 0 fully saturated rings. The monoisotopic (exact) mass is 282 g/mol. The normalized spacial score (nSPS) is 10.7. The molecule has 0 bridgehead atoms. The van der Waals surface area contributed by atoms with Crippen LogP contribution < -0.4 is 4.74 Å². The number of carbonyl (C=O) groups excluding carboxylic acids is 1. The highest BCUT2D eigenvalue weighted by molar-refractivity contribution is 7.21. The minimum absolute atomic E-state index is 0.0488. The molecule has 0 aliphatic carbocycles. The van der Waals surface area contributed by atoms with E-state index in [1.165, 1.54) is 11.3 Å². The van der Waals surface area contributed by atoms with Crippen LogP contribution in [0.2, 0.25) is 0 Å². The summed E-state index contributed by atoms with van der Waals surface area (Å²) in [6.07, 6.45) is 0. The molecular weight excluding hydrogens is 268 g/mol. The van der Waals surface area contributed by atoms with Crippen LogP contribution in [-0.2, 0) is 0 Å². The van der Waals surface area contributed by atoms with Gasteiger partial charge in [0.15, 0.2) is 0 Å². The van der Waals surface area contributed by atoms with E-state index in [1.54, 1.807) is 6.07 Å². The highest BCUT2D eigenvalue weighted by Gasteiger charge is 2.13. The van der Waals surface area contributed by atoms with Crippen LogP contribution in [0, 0.1) is 0 Å². The second-order valence-electron chi connectivity index (χ2n) is 4.44. The van der Waals surface area contributed by atoms with Crippen LogP contribution in [0.15, 0.2) is 54.6 Å². The number of rotatable bonds is 4. The van der Waals surface area contributed by atoms with E-state index < -0.39 is 0 Å². The Kier molecular flexibility index (Phi) is 3.52. The molecule has 0 unspecified atom stereocenters. The van der Waals surface area contributed by atoms with Crippen molar-refractivity contribution in [1.82, 2.24) is 0 Å². The zero-order valence-corrected chi connectivity index (χ0v) is 11.9. The van der Waals surface area contributed by atoms with E-state index in [4.69, 9.17) is 4.74 Å². The summed E-state index contributed by atoms with van der Waals surface area (Å²) in [6, 6.07) is 17.3. The highest BCUT2D eigenvalue weighted by atomic mass is 32.1. The molecule has 0 radical (unpaired) electrons. The number of benzene rings is 2. The first-order chi connectivity index (χ1) is 9.78. The zero-order valence-electron chi connectivity index (χ0n) is 11.1. The van der Waals surface area contributed by atoms with Gasteiger partial charge < -0.3 is 4.74 Å². The molecule has 0 saturated heterocycles. The van der Waals surface area contributed by atoms with Crippen molar-refractivity contribution in [3.05, 3.63) is 65.0 Å². The summed E-state index contributed by atoms with van der Waals surface area (Å²) in [5, 5.41) is 1.11. The maximum absolute atomic E-state index is 12.5. The highest BCUT2D eigenvalue weighted by Crippen LogP contribution is 2.27. The molecule has 0 saturated carbocycles. The zero-order chi connectivity index (χ0) is 13.9. The average molecular weight is 282 g/mol. The molecule has 0 spiro atoms. The van der Waals surface area contributed by atoms with E-state index in [1.807, 2.05) is 55.5 Å². The van der Waals surface area contributed by atoms with Crippen molar-refractivity contribution in [3.8, 4) is 5.75 Å². The number of ether oxygens (including phenoxy) is 1. The Labute approximate surface area is 121 Å². The van der Waals surface area contributed by atoms with Crippen molar-refractivity contribution >= 4 is 27.2 Å². The Hall–Kier alpha value is -2.13. The van der Waals surface area contributed by atoms with Gasteiger partial charge in [0, 0.05) is 10.3 Å². The van der Waals surface area contributed by atoms with Gasteiger partial charge in [-0.1, -0.05) is 30.3 Å².